The molecule has 0 amide bonds. The van der Waals surface area contributed by atoms with Crippen molar-refractivity contribution in [1.29, 1.82) is 0 Å². The zero-order valence-electron chi connectivity index (χ0n) is 6.70. The van der Waals surface area contributed by atoms with Crippen LogP contribution in [0.5, 0.6) is 5.75 Å². The Balaban J connectivity index is 2.47. The molecule has 3 heteroatoms. The van der Waals surface area contributed by atoms with Crippen molar-refractivity contribution >= 4 is 15.9 Å². The SMILES string of the molecule is Oc1ccc(-c2occc2Br)cc1. The summed E-state index contributed by atoms with van der Waals surface area (Å²) in [5, 5.41) is 9.08. The average molecular weight is 239 g/mol. The van der Waals surface area contributed by atoms with Crippen molar-refractivity contribution in [1.82, 2.24) is 0 Å². The number of hydrogen-bond acceptors (Lipinski definition) is 2. The molecule has 1 aromatic heterocycles. The quantitative estimate of drug-likeness (QED) is 0.827. The van der Waals surface area contributed by atoms with Gasteiger partial charge in [0.25, 0.3) is 0 Å². The molecule has 0 aliphatic rings. The lowest BCUT2D eigenvalue weighted by atomic mass is 10.2. The molecular weight excluding hydrogens is 232 g/mol. The summed E-state index contributed by atoms with van der Waals surface area (Å²) in [5.74, 6) is 1.03. The predicted octanol–water partition coefficient (Wildman–Crippen LogP) is 3.41. The molecule has 0 atom stereocenters. The van der Waals surface area contributed by atoms with Crippen LogP contribution in [0, 0.1) is 0 Å². The van der Waals surface area contributed by atoms with Gasteiger partial charge >= 0.3 is 0 Å². The Labute approximate surface area is 83.9 Å². The maximum Gasteiger partial charge on any atom is 0.148 e. The summed E-state index contributed by atoms with van der Waals surface area (Å²) in [7, 11) is 0. The lowest BCUT2D eigenvalue weighted by Gasteiger charge is -1.97. The first-order chi connectivity index (χ1) is 6.27. The zero-order chi connectivity index (χ0) is 9.26. The lowest BCUT2D eigenvalue weighted by Crippen LogP contribution is -1.73. The number of benzene rings is 1. The highest BCUT2D eigenvalue weighted by atomic mass is 79.9. The van der Waals surface area contributed by atoms with Gasteiger partial charge in [-0.05, 0) is 46.3 Å². The Bertz CT molecular complexity index is 403. The van der Waals surface area contributed by atoms with Crippen molar-refractivity contribution in [3.8, 4) is 17.1 Å². The van der Waals surface area contributed by atoms with Crippen LogP contribution >= 0.6 is 15.9 Å². The van der Waals surface area contributed by atoms with Crippen LogP contribution in [0.15, 0.2) is 45.5 Å². The lowest BCUT2D eigenvalue weighted by molar-refractivity contribution is 0.475. The van der Waals surface area contributed by atoms with E-state index < -0.39 is 0 Å². The van der Waals surface area contributed by atoms with E-state index in [9.17, 15) is 0 Å². The molecule has 0 aliphatic carbocycles. The summed E-state index contributed by atoms with van der Waals surface area (Å²) in [4.78, 5) is 0. The van der Waals surface area contributed by atoms with Crippen molar-refractivity contribution in [2.75, 3.05) is 0 Å². The van der Waals surface area contributed by atoms with E-state index >= 15 is 0 Å². The monoisotopic (exact) mass is 238 g/mol. The van der Waals surface area contributed by atoms with Gasteiger partial charge in [0.05, 0.1) is 10.7 Å². The molecule has 0 bridgehead atoms. The van der Waals surface area contributed by atoms with Crippen molar-refractivity contribution in [3.05, 3.63) is 41.1 Å². The minimum atomic E-state index is 0.256. The molecule has 2 rings (SSSR count). The molecule has 0 aliphatic heterocycles. The summed E-state index contributed by atoms with van der Waals surface area (Å²) in [5.41, 5.74) is 0.940. The first kappa shape index (κ1) is 8.38. The van der Waals surface area contributed by atoms with E-state index in [1.54, 1.807) is 30.5 Å². The third kappa shape index (κ3) is 1.60. The van der Waals surface area contributed by atoms with Gasteiger partial charge in [0.1, 0.15) is 11.5 Å². The van der Waals surface area contributed by atoms with Crippen molar-refractivity contribution < 1.29 is 9.52 Å². The summed E-state index contributed by atoms with van der Waals surface area (Å²) in [6.45, 7) is 0. The minimum absolute atomic E-state index is 0.256. The van der Waals surface area contributed by atoms with Crippen LogP contribution in [0.3, 0.4) is 0 Å². The molecular formula is C10H7BrO2. The molecule has 2 nitrogen and oxygen atoms in total. The van der Waals surface area contributed by atoms with E-state index in [2.05, 4.69) is 15.9 Å². The van der Waals surface area contributed by atoms with Crippen LogP contribution in [-0.4, -0.2) is 5.11 Å². The Morgan fingerprint density at radius 1 is 1.08 bits per heavy atom. The highest BCUT2D eigenvalue weighted by Crippen LogP contribution is 2.29. The highest BCUT2D eigenvalue weighted by Gasteiger charge is 2.05. The number of aromatic hydroxyl groups is 1. The summed E-state index contributed by atoms with van der Waals surface area (Å²) < 4.78 is 6.18. The van der Waals surface area contributed by atoms with Crippen LogP contribution in [0.25, 0.3) is 11.3 Å². The molecule has 0 radical (unpaired) electrons. The third-order valence-corrected chi connectivity index (χ3v) is 2.37. The molecule has 0 saturated carbocycles. The third-order valence-electron chi connectivity index (χ3n) is 1.75. The Morgan fingerprint density at radius 2 is 1.77 bits per heavy atom. The maximum absolute atomic E-state index is 9.08. The molecule has 2 aromatic rings. The van der Waals surface area contributed by atoms with Crippen LogP contribution < -0.4 is 0 Å². The van der Waals surface area contributed by atoms with E-state index in [4.69, 9.17) is 9.52 Å². The molecule has 1 heterocycles. The minimum Gasteiger partial charge on any atom is -0.508 e. The molecule has 13 heavy (non-hydrogen) atoms. The highest BCUT2D eigenvalue weighted by molar-refractivity contribution is 9.10. The fourth-order valence-corrected chi connectivity index (χ4v) is 1.54. The first-order valence-corrected chi connectivity index (χ1v) is 4.59. The van der Waals surface area contributed by atoms with Gasteiger partial charge in [0.2, 0.25) is 0 Å². The maximum atomic E-state index is 9.08. The van der Waals surface area contributed by atoms with Crippen molar-refractivity contribution in [2.24, 2.45) is 0 Å². The smallest absolute Gasteiger partial charge is 0.148 e. The van der Waals surface area contributed by atoms with Gasteiger partial charge in [0, 0.05) is 5.56 Å². The van der Waals surface area contributed by atoms with E-state index in [0.717, 1.165) is 15.8 Å². The normalized spacial score (nSPS) is 10.2. The molecule has 0 unspecified atom stereocenters. The van der Waals surface area contributed by atoms with Gasteiger partial charge in [-0.15, -0.1) is 0 Å². The first-order valence-electron chi connectivity index (χ1n) is 3.80. The Morgan fingerprint density at radius 3 is 2.31 bits per heavy atom. The van der Waals surface area contributed by atoms with Crippen molar-refractivity contribution in [3.63, 3.8) is 0 Å². The Kier molecular flexibility index (Phi) is 2.10. The number of hydrogen-bond donors (Lipinski definition) is 1. The van der Waals surface area contributed by atoms with Gasteiger partial charge in [-0.3, -0.25) is 0 Å². The number of phenols is 1. The summed E-state index contributed by atoms with van der Waals surface area (Å²) >= 11 is 3.37. The number of phenolic OH excluding ortho intramolecular Hbond substituents is 1. The zero-order valence-corrected chi connectivity index (χ0v) is 8.28. The standard InChI is InChI=1S/C10H7BrO2/c11-9-5-6-13-10(9)7-1-3-8(12)4-2-7/h1-6,12H. The summed E-state index contributed by atoms with van der Waals surface area (Å²) in [6.07, 6.45) is 1.62. The van der Waals surface area contributed by atoms with Gasteiger partial charge in [0.15, 0.2) is 0 Å². The fraction of sp³-hybridized carbons (Fsp3) is 0. The average Bonchev–Trinajstić information content (AvgIpc) is 2.53. The number of rotatable bonds is 1. The number of furan rings is 1. The Hall–Kier alpha value is -1.22. The van der Waals surface area contributed by atoms with E-state index in [1.807, 2.05) is 6.07 Å². The van der Waals surface area contributed by atoms with Gasteiger partial charge < -0.3 is 9.52 Å². The molecule has 1 N–H and O–H groups in total. The van der Waals surface area contributed by atoms with Crippen LogP contribution in [0.2, 0.25) is 0 Å². The second-order valence-electron chi connectivity index (χ2n) is 2.64. The predicted molar refractivity (Wildman–Crippen MR) is 53.5 cm³/mol. The molecule has 0 fully saturated rings. The van der Waals surface area contributed by atoms with E-state index in [0.29, 0.717) is 0 Å². The number of halogens is 1. The van der Waals surface area contributed by atoms with Crippen LogP contribution in [0.4, 0.5) is 0 Å². The molecule has 1 aromatic carbocycles. The molecule has 66 valence electrons. The van der Waals surface area contributed by atoms with Gasteiger partial charge in [-0.2, -0.15) is 0 Å². The summed E-state index contributed by atoms with van der Waals surface area (Å²) in [6, 6.07) is 8.70. The largest absolute Gasteiger partial charge is 0.508 e. The van der Waals surface area contributed by atoms with E-state index in [-0.39, 0.29) is 5.75 Å². The second kappa shape index (κ2) is 3.26. The topological polar surface area (TPSA) is 33.4 Å². The molecule has 0 saturated heterocycles. The fourth-order valence-electron chi connectivity index (χ4n) is 1.11. The van der Waals surface area contributed by atoms with Gasteiger partial charge in [-0.25, -0.2) is 0 Å². The molecule has 0 spiro atoms. The van der Waals surface area contributed by atoms with Crippen LogP contribution in [0.1, 0.15) is 0 Å². The van der Waals surface area contributed by atoms with Gasteiger partial charge in [-0.1, -0.05) is 0 Å². The van der Waals surface area contributed by atoms with Crippen molar-refractivity contribution in [2.45, 2.75) is 0 Å². The van der Waals surface area contributed by atoms with Crippen LogP contribution in [-0.2, 0) is 0 Å². The van der Waals surface area contributed by atoms with E-state index in [1.165, 1.54) is 0 Å². The second-order valence-corrected chi connectivity index (χ2v) is 3.50.